The summed E-state index contributed by atoms with van der Waals surface area (Å²) in [6.45, 7) is 6.06. The van der Waals surface area contributed by atoms with Gasteiger partial charge in [-0.25, -0.2) is 4.57 Å². The summed E-state index contributed by atoms with van der Waals surface area (Å²) in [5.41, 5.74) is 0. The normalized spacial score (nSPS) is 19.3. The van der Waals surface area contributed by atoms with Crippen molar-refractivity contribution in [2.24, 2.45) is 0 Å². The van der Waals surface area contributed by atoms with Crippen molar-refractivity contribution in [2.75, 3.05) is 150 Å². The Morgan fingerprint density at radius 3 is 0.800 bits per heavy atom. The van der Waals surface area contributed by atoms with Crippen molar-refractivity contribution in [3.63, 3.8) is 0 Å². The number of carboxylic acids is 6. The molecule has 2 fully saturated rings. The van der Waals surface area contributed by atoms with Crippen LogP contribution in [0.4, 0.5) is 0 Å². The van der Waals surface area contributed by atoms with E-state index >= 15 is 0 Å². The molecule has 1 unspecified atom stereocenters. The van der Waals surface area contributed by atoms with Crippen LogP contribution < -0.4 is 5.32 Å². The molecule has 2 rings (SSSR count). The van der Waals surface area contributed by atoms with E-state index in [1.165, 1.54) is 0 Å². The van der Waals surface area contributed by atoms with Crippen LogP contribution in [-0.4, -0.2) is 261 Å². The highest BCUT2D eigenvalue weighted by molar-refractivity contribution is 7.37. The molecule has 26 heteroatoms. The van der Waals surface area contributed by atoms with Gasteiger partial charge in [-0.3, -0.25) is 63.1 Å². The van der Waals surface area contributed by atoms with Gasteiger partial charge in [-0.05, 0) is 4.57 Å². The van der Waals surface area contributed by atoms with Crippen LogP contribution in [0.3, 0.4) is 0 Å². The third-order valence-corrected chi connectivity index (χ3v) is 8.81. The Hall–Kier alpha value is -3.38. The van der Waals surface area contributed by atoms with E-state index in [0.29, 0.717) is 105 Å². The first-order valence-corrected chi connectivity index (χ1v) is 19.4. The Morgan fingerprint density at radius 1 is 0.436 bits per heavy atom. The average Bonchev–Trinajstić information content (AvgIpc) is 3.05. The number of carboxylic acid groups (broad SMARTS) is 6. The molecule has 2 aliphatic rings. The van der Waals surface area contributed by atoms with Crippen molar-refractivity contribution in [1.29, 1.82) is 0 Å². The fourth-order valence-corrected chi connectivity index (χ4v) is 6.21. The van der Waals surface area contributed by atoms with Crippen LogP contribution in [0, 0.1) is 0 Å². The van der Waals surface area contributed by atoms with E-state index in [0.717, 1.165) is 0 Å². The van der Waals surface area contributed by atoms with Crippen LogP contribution in [0.2, 0.25) is 0 Å². The third kappa shape index (κ3) is 30.5. The van der Waals surface area contributed by atoms with E-state index < -0.39 is 52.5 Å². The van der Waals surface area contributed by atoms with Crippen molar-refractivity contribution in [2.45, 2.75) is 0 Å². The average molecular weight is 835 g/mol. The number of rotatable bonds is 14. The molecule has 24 nitrogen and oxygen atoms in total. The Kier molecular flexibility index (Phi) is 28.9. The van der Waals surface area contributed by atoms with Crippen LogP contribution in [0.1, 0.15) is 0 Å². The standard InChI is InChI=1S/C15H27N4O8P.C14H26N4O6.HO2P/c20-13(21)9-16-1-3-17(10-14(22)23)5-7-19(12-28(26)27)8-6-18(4-2-16)11-15(24)25;19-12(20)9-16-3-1-15-2-4-17(10-13(21)22)6-8-18(7-5-16)11-14(23)24;1-3-2/h1-12H2,(H3-,20,21,22,23,24,25,26,27);15H,1-11H2,(H,19,20)(H,21,22)(H,23,24);(H,1,2)/p+2. The van der Waals surface area contributed by atoms with Crippen molar-refractivity contribution in [1.82, 2.24) is 34.3 Å². The fourth-order valence-electron chi connectivity index (χ4n) is 5.58. The first-order chi connectivity index (χ1) is 25.9. The number of quaternary nitrogens is 1. The lowest BCUT2D eigenvalue weighted by atomic mass is 10.3. The monoisotopic (exact) mass is 834 g/mol. The molecular formula is C29H56N8O16P2+2. The quantitative estimate of drug-likeness (QED) is 0.0740. The zero-order valence-corrected chi connectivity index (χ0v) is 32.5. The molecule has 0 aromatic rings. The van der Waals surface area contributed by atoms with Gasteiger partial charge in [0.1, 0.15) is 0 Å². The van der Waals surface area contributed by atoms with E-state index in [9.17, 15) is 38.2 Å². The summed E-state index contributed by atoms with van der Waals surface area (Å²) >= 11 is 0. The van der Waals surface area contributed by atoms with Gasteiger partial charge in [0.25, 0.3) is 0 Å². The second kappa shape index (κ2) is 30.8. The Balaban J connectivity index is 0.000000999. The molecule has 2 saturated heterocycles. The Labute approximate surface area is 320 Å². The molecule has 0 bridgehead atoms. The predicted octanol–water partition coefficient (Wildman–Crippen LogP) is -4.94. The van der Waals surface area contributed by atoms with Crippen LogP contribution in [0.5, 0.6) is 0 Å². The number of nitrogens with zero attached hydrogens (tertiary/aromatic N) is 7. The molecule has 55 heavy (non-hydrogen) atoms. The maximum Gasteiger partial charge on any atom is 0.521 e. The molecule has 0 radical (unpaired) electrons. The smallest absolute Gasteiger partial charge is 0.480 e. The van der Waals surface area contributed by atoms with Gasteiger partial charge in [-0.1, -0.05) is 0 Å². The molecule has 0 aromatic carbocycles. The summed E-state index contributed by atoms with van der Waals surface area (Å²) in [7, 11) is -3.25. The number of carbonyl (C=O) groups is 6. The zero-order chi connectivity index (χ0) is 41.8. The van der Waals surface area contributed by atoms with E-state index in [2.05, 4.69) is 0 Å². The minimum atomic E-state index is -2.42. The molecule has 1 atom stereocenters. The molecule has 2 aliphatic heterocycles. The van der Waals surface area contributed by atoms with E-state index in [1.54, 1.807) is 34.3 Å². The van der Waals surface area contributed by atoms with Crippen LogP contribution in [-0.2, 0) is 37.9 Å². The molecular weight excluding hydrogens is 778 g/mol. The summed E-state index contributed by atoms with van der Waals surface area (Å²) in [4.78, 5) is 94.3. The largest absolute Gasteiger partial charge is 0.521 e. The molecule has 0 saturated carbocycles. The van der Waals surface area contributed by atoms with Gasteiger partial charge in [-0.2, -0.15) is 4.89 Å². The van der Waals surface area contributed by atoms with Crippen molar-refractivity contribution < 1.29 is 83.6 Å². The van der Waals surface area contributed by atoms with Gasteiger partial charge in [-0.15, -0.1) is 0 Å². The molecule has 10 N–H and O–H groups in total. The SMILES string of the molecule is O=C(O)CN1CCN(CC(=O)O)CCN(C[P+](=O)O)CCN(CC(=O)O)CC1.O=C(O)CN1CC[NH2+]CCN(CC(=O)O)CCN(CC(=O)O)CC1.O=PO. The molecule has 316 valence electrons. The van der Waals surface area contributed by atoms with Crippen LogP contribution >= 0.6 is 16.7 Å². The maximum absolute atomic E-state index is 11.2. The molecule has 0 aromatic heterocycles. The second-order valence-electron chi connectivity index (χ2n) is 12.6. The van der Waals surface area contributed by atoms with Gasteiger partial charge >= 0.3 is 52.5 Å². The van der Waals surface area contributed by atoms with E-state index in [1.807, 2.05) is 5.32 Å². The van der Waals surface area contributed by atoms with E-state index in [-0.39, 0.29) is 45.6 Å². The van der Waals surface area contributed by atoms with Gasteiger partial charge < -0.3 is 40.8 Å². The summed E-state index contributed by atoms with van der Waals surface area (Å²) in [5.74, 6) is -5.79. The lowest BCUT2D eigenvalue weighted by molar-refractivity contribution is -0.654. The highest BCUT2D eigenvalue weighted by atomic mass is 31.1. The maximum atomic E-state index is 11.2. The topological polar surface area (TPSA) is 338 Å². The lowest BCUT2D eigenvalue weighted by Gasteiger charge is -2.31. The van der Waals surface area contributed by atoms with Crippen LogP contribution in [0.15, 0.2) is 0 Å². The Morgan fingerprint density at radius 2 is 0.618 bits per heavy atom. The highest BCUT2D eigenvalue weighted by Crippen LogP contribution is 2.15. The van der Waals surface area contributed by atoms with Gasteiger partial charge in [0, 0.05) is 91.6 Å². The first kappa shape index (κ1) is 51.6. The summed E-state index contributed by atoms with van der Waals surface area (Å²) < 4.78 is 19.7. The number of nitrogens with two attached hydrogens (primary N) is 1. The summed E-state index contributed by atoms with van der Waals surface area (Å²) in [6.07, 6.45) is -0.0811. The summed E-state index contributed by atoms with van der Waals surface area (Å²) in [6, 6.07) is 0. The number of hydrogen-bond acceptors (Lipinski definition) is 15. The van der Waals surface area contributed by atoms with Crippen molar-refractivity contribution in [3.05, 3.63) is 0 Å². The van der Waals surface area contributed by atoms with E-state index in [4.69, 9.17) is 40.1 Å². The minimum absolute atomic E-state index is 0.0696. The molecule has 0 spiro atoms. The second-order valence-corrected chi connectivity index (χ2v) is 13.7. The zero-order valence-electron chi connectivity index (χ0n) is 30.7. The van der Waals surface area contributed by atoms with Crippen LogP contribution in [0.25, 0.3) is 0 Å². The Bertz CT molecular complexity index is 1080. The predicted molar refractivity (Wildman–Crippen MR) is 192 cm³/mol. The molecule has 0 aliphatic carbocycles. The van der Waals surface area contributed by atoms with Crippen molar-refractivity contribution >= 4 is 52.5 Å². The lowest BCUT2D eigenvalue weighted by Crippen LogP contribution is -2.87. The number of hydrogen-bond donors (Lipinski definition) is 9. The third-order valence-electron chi connectivity index (χ3n) is 8.17. The minimum Gasteiger partial charge on any atom is -0.480 e. The van der Waals surface area contributed by atoms with Gasteiger partial charge in [0.05, 0.1) is 52.4 Å². The summed E-state index contributed by atoms with van der Waals surface area (Å²) in [5, 5.41) is 56.2. The first-order valence-electron chi connectivity index (χ1n) is 17.2. The molecule has 0 amide bonds. The molecule has 2 heterocycles. The van der Waals surface area contributed by atoms with Crippen molar-refractivity contribution in [3.8, 4) is 0 Å². The highest BCUT2D eigenvalue weighted by Gasteiger charge is 2.24. The number of aliphatic carboxylic acids is 6. The fraction of sp³-hybridized carbons (Fsp3) is 0.793. The van der Waals surface area contributed by atoms with Gasteiger partial charge in [0.2, 0.25) is 6.29 Å². The van der Waals surface area contributed by atoms with Gasteiger partial charge in [0.15, 0.2) is 0 Å².